The van der Waals surface area contributed by atoms with E-state index < -0.39 is 18.5 Å². The zero-order valence-electron chi connectivity index (χ0n) is 7.61. The molecule has 0 saturated heterocycles. The molecule has 0 amide bonds. The first-order valence-electron chi connectivity index (χ1n) is 3.92. The fourth-order valence-corrected chi connectivity index (χ4v) is 0.998. The highest BCUT2D eigenvalue weighted by Crippen LogP contribution is 2.28. The quantitative estimate of drug-likeness (QED) is 0.652. The van der Waals surface area contributed by atoms with Gasteiger partial charge in [-0.3, -0.25) is 0 Å². The highest BCUT2D eigenvalue weighted by atomic mass is 19.4. The molecule has 0 rings (SSSR count). The third-order valence-electron chi connectivity index (χ3n) is 1.82. The Morgan fingerprint density at radius 3 is 2.00 bits per heavy atom. The van der Waals surface area contributed by atoms with E-state index in [-0.39, 0.29) is 12.5 Å². The zero-order chi connectivity index (χ0) is 9.78. The lowest BCUT2D eigenvalue weighted by molar-refractivity contribution is -0.151. The molecule has 4 heteroatoms. The van der Waals surface area contributed by atoms with Crippen LogP contribution in [0.25, 0.3) is 0 Å². The molecule has 0 unspecified atom stereocenters. The van der Waals surface area contributed by atoms with Crippen molar-refractivity contribution < 1.29 is 17.9 Å². The fraction of sp³-hybridized carbons (Fsp3) is 1.00. The number of hydrogen-bond acceptors (Lipinski definition) is 1. The number of ether oxygens (including phenoxy) is 1. The van der Waals surface area contributed by atoms with Crippen LogP contribution in [-0.4, -0.2) is 19.9 Å². The van der Waals surface area contributed by atoms with Crippen molar-refractivity contribution in [1.29, 1.82) is 0 Å². The Hall–Kier alpha value is -0.250. The van der Waals surface area contributed by atoms with Gasteiger partial charge in [0.15, 0.2) is 0 Å². The summed E-state index contributed by atoms with van der Waals surface area (Å²) >= 11 is 0. The smallest absolute Gasteiger partial charge is 0.384 e. The molecule has 0 aliphatic carbocycles. The lowest BCUT2D eigenvalue weighted by Crippen LogP contribution is -2.23. The molecule has 0 aliphatic heterocycles. The summed E-state index contributed by atoms with van der Waals surface area (Å²) in [4.78, 5) is 0. The van der Waals surface area contributed by atoms with Crippen LogP contribution in [-0.2, 0) is 4.74 Å². The van der Waals surface area contributed by atoms with Gasteiger partial charge < -0.3 is 4.74 Å². The van der Waals surface area contributed by atoms with Gasteiger partial charge in [-0.1, -0.05) is 13.8 Å². The van der Waals surface area contributed by atoms with E-state index >= 15 is 0 Å². The Kier molecular flexibility index (Phi) is 4.60. The van der Waals surface area contributed by atoms with Crippen molar-refractivity contribution >= 4 is 0 Å². The molecule has 12 heavy (non-hydrogen) atoms. The summed E-state index contributed by atoms with van der Waals surface area (Å²) in [6.45, 7) is 3.72. The van der Waals surface area contributed by atoms with Crippen LogP contribution in [0.15, 0.2) is 0 Å². The number of hydrogen-bond donors (Lipinski definition) is 0. The van der Waals surface area contributed by atoms with E-state index in [1.54, 1.807) is 13.8 Å². The van der Waals surface area contributed by atoms with Crippen LogP contribution in [0.3, 0.4) is 0 Å². The second-order valence-corrected chi connectivity index (χ2v) is 3.28. The maximum absolute atomic E-state index is 11.9. The molecule has 0 saturated carbocycles. The lowest BCUT2D eigenvalue weighted by atomic mass is 9.93. The summed E-state index contributed by atoms with van der Waals surface area (Å²) < 4.78 is 40.5. The molecule has 0 bridgehead atoms. The molecule has 0 aromatic rings. The van der Waals surface area contributed by atoms with Crippen LogP contribution < -0.4 is 0 Å². The molecule has 1 nitrogen and oxygen atoms in total. The number of methoxy groups -OCH3 is 1. The van der Waals surface area contributed by atoms with Crippen molar-refractivity contribution in [1.82, 2.24) is 0 Å². The summed E-state index contributed by atoms with van der Waals surface area (Å²) in [7, 11) is 1.42. The minimum atomic E-state index is -4.08. The Balaban J connectivity index is 3.95. The molecular weight excluding hydrogens is 169 g/mol. The van der Waals surface area contributed by atoms with E-state index in [4.69, 9.17) is 4.74 Å². The molecular formula is C8H15F3O. The normalized spacial score (nSPS) is 15.2. The first-order valence-corrected chi connectivity index (χ1v) is 3.92. The number of alkyl halides is 3. The molecule has 0 aliphatic rings. The zero-order valence-corrected chi connectivity index (χ0v) is 7.61. The van der Waals surface area contributed by atoms with Gasteiger partial charge in [-0.05, 0) is 11.8 Å². The first kappa shape index (κ1) is 11.8. The van der Waals surface area contributed by atoms with Gasteiger partial charge in [0.05, 0.1) is 0 Å². The predicted molar refractivity (Wildman–Crippen MR) is 40.9 cm³/mol. The lowest BCUT2D eigenvalue weighted by Gasteiger charge is -2.21. The summed E-state index contributed by atoms with van der Waals surface area (Å²) in [5.41, 5.74) is 0. The topological polar surface area (TPSA) is 9.23 Å². The molecule has 0 aromatic carbocycles. The summed E-state index contributed by atoms with van der Waals surface area (Å²) in [5, 5.41) is 0. The van der Waals surface area contributed by atoms with Crippen LogP contribution in [0, 0.1) is 11.8 Å². The summed E-state index contributed by atoms with van der Waals surface area (Å²) in [6.07, 6.45) is -4.83. The van der Waals surface area contributed by atoms with E-state index in [9.17, 15) is 13.2 Å². The van der Waals surface area contributed by atoms with Crippen LogP contribution in [0.2, 0.25) is 0 Å². The van der Waals surface area contributed by atoms with Gasteiger partial charge >= 0.3 is 6.18 Å². The molecule has 74 valence electrons. The average molecular weight is 184 g/mol. The van der Waals surface area contributed by atoms with Gasteiger partial charge in [0.2, 0.25) is 0 Å². The molecule has 0 spiro atoms. The van der Waals surface area contributed by atoms with Gasteiger partial charge in [-0.25, -0.2) is 0 Å². The summed E-state index contributed by atoms with van der Waals surface area (Å²) in [6, 6.07) is 0. The van der Waals surface area contributed by atoms with E-state index in [2.05, 4.69) is 0 Å². The van der Waals surface area contributed by atoms with Crippen molar-refractivity contribution in [2.75, 3.05) is 13.7 Å². The van der Waals surface area contributed by atoms with Gasteiger partial charge in [0, 0.05) is 20.1 Å². The van der Waals surface area contributed by atoms with E-state index in [1.165, 1.54) is 7.11 Å². The van der Waals surface area contributed by atoms with Crippen LogP contribution in [0.1, 0.15) is 20.3 Å². The minimum Gasteiger partial charge on any atom is -0.384 e. The Morgan fingerprint density at radius 2 is 1.75 bits per heavy atom. The minimum absolute atomic E-state index is 0.00609. The van der Waals surface area contributed by atoms with E-state index in [0.717, 1.165) is 0 Å². The molecule has 0 N–H and O–H groups in total. The van der Waals surface area contributed by atoms with Crippen molar-refractivity contribution in [3.8, 4) is 0 Å². The van der Waals surface area contributed by atoms with Crippen molar-refractivity contribution in [3.05, 3.63) is 0 Å². The largest absolute Gasteiger partial charge is 0.389 e. The molecule has 0 heterocycles. The van der Waals surface area contributed by atoms with E-state index in [0.29, 0.717) is 0 Å². The van der Waals surface area contributed by atoms with Crippen LogP contribution >= 0.6 is 0 Å². The maximum Gasteiger partial charge on any atom is 0.389 e. The highest BCUT2D eigenvalue weighted by molar-refractivity contribution is 4.66. The second kappa shape index (κ2) is 4.70. The second-order valence-electron chi connectivity index (χ2n) is 3.28. The predicted octanol–water partition coefficient (Wildman–Crippen LogP) is 2.86. The van der Waals surface area contributed by atoms with Gasteiger partial charge in [-0.2, -0.15) is 13.2 Å². The van der Waals surface area contributed by atoms with Crippen molar-refractivity contribution in [3.63, 3.8) is 0 Å². The van der Waals surface area contributed by atoms with Crippen LogP contribution in [0.4, 0.5) is 13.2 Å². The fourth-order valence-electron chi connectivity index (χ4n) is 0.998. The van der Waals surface area contributed by atoms with Gasteiger partial charge in [0.1, 0.15) is 0 Å². The maximum atomic E-state index is 11.9. The third kappa shape index (κ3) is 5.41. The SMILES string of the molecule is COC[C@H](CC(F)(F)F)C(C)C. The van der Waals surface area contributed by atoms with Gasteiger partial charge in [0.25, 0.3) is 0 Å². The van der Waals surface area contributed by atoms with E-state index in [1.807, 2.05) is 0 Å². The Labute approximate surface area is 70.9 Å². The first-order chi connectivity index (χ1) is 5.37. The number of halogens is 3. The average Bonchev–Trinajstić information content (AvgIpc) is 1.83. The molecule has 0 fully saturated rings. The number of rotatable bonds is 4. The van der Waals surface area contributed by atoms with Crippen molar-refractivity contribution in [2.24, 2.45) is 11.8 Å². The van der Waals surface area contributed by atoms with Crippen LogP contribution in [0.5, 0.6) is 0 Å². The standard InChI is InChI=1S/C8H15F3O/c1-6(2)7(5-12-3)4-8(9,10)11/h6-7H,4-5H2,1-3H3/t7-/m0/s1. The molecule has 0 aromatic heterocycles. The molecule has 1 atom stereocenters. The molecule has 0 radical (unpaired) electrons. The van der Waals surface area contributed by atoms with Crippen molar-refractivity contribution in [2.45, 2.75) is 26.4 Å². The van der Waals surface area contributed by atoms with Gasteiger partial charge in [-0.15, -0.1) is 0 Å². The third-order valence-corrected chi connectivity index (χ3v) is 1.82. The monoisotopic (exact) mass is 184 g/mol. The Morgan fingerprint density at radius 1 is 1.25 bits per heavy atom. The Bertz CT molecular complexity index is 120. The highest BCUT2D eigenvalue weighted by Gasteiger charge is 2.32. The summed E-state index contributed by atoms with van der Waals surface area (Å²) in [5.74, 6) is -0.415.